The predicted octanol–water partition coefficient (Wildman–Crippen LogP) is 3.13. The highest BCUT2D eigenvalue weighted by Gasteiger charge is 2.28. The first-order chi connectivity index (χ1) is 10.3. The minimum atomic E-state index is -0.910. The van der Waals surface area contributed by atoms with Gasteiger partial charge in [0, 0.05) is 5.56 Å². The van der Waals surface area contributed by atoms with E-state index in [1.54, 1.807) is 6.08 Å². The van der Waals surface area contributed by atoms with Gasteiger partial charge in [-0.15, -0.1) is 0 Å². The number of aliphatic hydroxyl groups excluding tert-OH is 1. The third-order valence-electron chi connectivity index (χ3n) is 3.24. The zero-order valence-electron chi connectivity index (χ0n) is 11.8. The van der Waals surface area contributed by atoms with Gasteiger partial charge in [0.05, 0.1) is 6.61 Å². The summed E-state index contributed by atoms with van der Waals surface area (Å²) in [6, 6.07) is 19.3. The molecule has 1 atom stereocenters. The average Bonchev–Trinajstić information content (AvgIpc) is 2.57. The number of hydrogen-bond donors (Lipinski definition) is 1. The van der Waals surface area contributed by atoms with Gasteiger partial charge < -0.3 is 9.84 Å². The lowest BCUT2D eigenvalue weighted by molar-refractivity contribution is -0.0340. The monoisotopic (exact) mass is 278 g/mol. The highest BCUT2D eigenvalue weighted by molar-refractivity contribution is 5.34. The predicted molar refractivity (Wildman–Crippen MR) is 84.7 cm³/mol. The molecule has 2 aromatic carbocycles. The van der Waals surface area contributed by atoms with Crippen LogP contribution in [0, 0.1) is 11.8 Å². The lowest BCUT2D eigenvalue weighted by atomic mass is 9.94. The first-order valence-electron chi connectivity index (χ1n) is 6.78. The van der Waals surface area contributed by atoms with Crippen molar-refractivity contribution in [2.75, 3.05) is 13.2 Å². The summed E-state index contributed by atoms with van der Waals surface area (Å²) in [6.45, 7) is 3.83. The molecule has 0 aromatic heterocycles. The first kappa shape index (κ1) is 15.1. The molecule has 0 amide bonds. The Labute approximate surface area is 125 Å². The van der Waals surface area contributed by atoms with E-state index in [0.717, 1.165) is 11.1 Å². The van der Waals surface area contributed by atoms with Crippen LogP contribution >= 0.6 is 0 Å². The Morgan fingerprint density at radius 3 is 2.24 bits per heavy atom. The maximum absolute atomic E-state index is 9.70. The Morgan fingerprint density at radius 1 is 1.05 bits per heavy atom. The molecule has 21 heavy (non-hydrogen) atoms. The molecule has 0 fully saturated rings. The minimum absolute atomic E-state index is 0.173. The van der Waals surface area contributed by atoms with Gasteiger partial charge in [0.1, 0.15) is 12.2 Å². The Hall–Kier alpha value is -2.34. The van der Waals surface area contributed by atoms with Crippen LogP contribution in [0.25, 0.3) is 0 Å². The van der Waals surface area contributed by atoms with Crippen molar-refractivity contribution in [3.8, 4) is 11.8 Å². The minimum Gasteiger partial charge on any atom is -0.393 e. The maximum atomic E-state index is 9.70. The molecule has 1 N–H and O–H groups in total. The van der Waals surface area contributed by atoms with Crippen LogP contribution in [0.15, 0.2) is 73.3 Å². The molecule has 0 saturated carbocycles. The van der Waals surface area contributed by atoms with Crippen molar-refractivity contribution in [2.45, 2.75) is 5.60 Å². The van der Waals surface area contributed by atoms with Gasteiger partial charge in [-0.3, -0.25) is 0 Å². The summed E-state index contributed by atoms with van der Waals surface area (Å²) in [7, 11) is 0. The molecule has 2 rings (SSSR count). The molecule has 0 spiro atoms. The fourth-order valence-electron chi connectivity index (χ4n) is 2.01. The van der Waals surface area contributed by atoms with Crippen LogP contribution in [0.2, 0.25) is 0 Å². The standard InChI is InChI=1S/C19H18O2/c1-2-19(16-20,18-13-7-4-8-14-18)21-15-9-12-17-10-5-3-6-11-17/h2-8,10-11,13-14,20H,1,15-16H2/t19-/m1/s1. The normalized spacial score (nSPS) is 12.8. The second kappa shape index (κ2) is 7.44. The van der Waals surface area contributed by atoms with E-state index in [-0.39, 0.29) is 13.2 Å². The van der Waals surface area contributed by atoms with Crippen molar-refractivity contribution in [2.24, 2.45) is 0 Å². The number of benzene rings is 2. The van der Waals surface area contributed by atoms with Crippen LogP contribution in [-0.2, 0) is 10.3 Å². The fraction of sp³-hybridized carbons (Fsp3) is 0.158. The number of rotatable bonds is 5. The van der Waals surface area contributed by atoms with Crippen molar-refractivity contribution in [3.63, 3.8) is 0 Å². The Morgan fingerprint density at radius 2 is 1.67 bits per heavy atom. The van der Waals surface area contributed by atoms with Crippen molar-refractivity contribution in [3.05, 3.63) is 84.4 Å². The van der Waals surface area contributed by atoms with Crippen molar-refractivity contribution >= 4 is 0 Å². The molecule has 0 radical (unpaired) electrons. The SMILES string of the molecule is C=C[C@](CO)(OCC#Cc1ccccc1)c1ccccc1. The third kappa shape index (κ3) is 3.82. The number of hydrogen-bond acceptors (Lipinski definition) is 2. The molecule has 0 saturated heterocycles. The summed E-state index contributed by atoms with van der Waals surface area (Å²) >= 11 is 0. The van der Waals surface area contributed by atoms with Gasteiger partial charge in [-0.1, -0.05) is 73.0 Å². The Kier molecular flexibility index (Phi) is 5.34. The van der Waals surface area contributed by atoms with Gasteiger partial charge in [0.25, 0.3) is 0 Å². The highest BCUT2D eigenvalue weighted by atomic mass is 16.5. The Balaban J connectivity index is 2.08. The fourth-order valence-corrected chi connectivity index (χ4v) is 2.01. The second-order valence-corrected chi connectivity index (χ2v) is 4.57. The summed E-state index contributed by atoms with van der Waals surface area (Å²) in [5.41, 5.74) is 0.894. The Bertz CT molecular complexity index is 623. The van der Waals surface area contributed by atoms with E-state index in [2.05, 4.69) is 18.4 Å². The van der Waals surface area contributed by atoms with Gasteiger partial charge >= 0.3 is 0 Å². The zero-order chi connectivity index (χ0) is 15.0. The van der Waals surface area contributed by atoms with Crippen LogP contribution in [0.1, 0.15) is 11.1 Å². The van der Waals surface area contributed by atoms with Gasteiger partial charge in [-0.25, -0.2) is 0 Å². The van der Waals surface area contributed by atoms with Gasteiger partial charge in [0.15, 0.2) is 0 Å². The first-order valence-corrected chi connectivity index (χ1v) is 6.78. The summed E-state index contributed by atoms with van der Waals surface area (Å²) in [5.74, 6) is 5.99. The molecule has 106 valence electrons. The highest BCUT2D eigenvalue weighted by Crippen LogP contribution is 2.26. The molecule has 2 nitrogen and oxygen atoms in total. The smallest absolute Gasteiger partial charge is 0.135 e. The van der Waals surface area contributed by atoms with Crippen LogP contribution in [0.3, 0.4) is 0 Å². The van der Waals surface area contributed by atoms with E-state index >= 15 is 0 Å². The third-order valence-corrected chi connectivity index (χ3v) is 3.24. The molecule has 0 aliphatic rings. The molecule has 2 aromatic rings. The van der Waals surface area contributed by atoms with E-state index in [4.69, 9.17) is 4.74 Å². The lowest BCUT2D eigenvalue weighted by Gasteiger charge is -2.28. The zero-order valence-corrected chi connectivity index (χ0v) is 11.8. The lowest BCUT2D eigenvalue weighted by Crippen LogP contribution is -2.31. The van der Waals surface area contributed by atoms with E-state index in [1.165, 1.54) is 0 Å². The quantitative estimate of drug-likeness (QED) is 0.672. The van der Waals surface area contributed by atoms with Crippen molar-refractivity contribution in [1.82, 2.24) is 0 Å². The van der Waals surface area contributed by atoms with Crippen molar-refractivity contribution < 1.29 is 9.84 Å². The van der Waals surface area contributed by atoms with E-state index in [1.807, 2.05) is 60.7 Å². The molecule has 0 aliphatic carbocycles. The molecule has 2 heteroatoms. The van der Waals surface area contributed by atoms with E-state index in [0.29, 0.717) is 0 Å². The summed E-state index contributed by atoms with van der Waals surface area (Å²) in [4.78, 5) is 0. The van der Waals surface area contributed by atoms with Crippen LogP contribution in [0.5, 0.6) is 0 Å². The largest absolute Gasteiger partial charge is 0.393 e. The summed E-state index contributed by atoms with van der Waals surface area (Å²) in [5, 5.41) is 9.70. The van der Waals surface area contributed by atoms with Gasteiger partial charge in [-0.2, -0.15) is 0 Å². The second-order valence-electron chi connectivity index (χ2n) is 4.57. The maximum Gasteiger partial charge on any atom is 0.135 e. The van der Waals surface area contributed by atoms with Crippen LogP contribution < -0.4 is 0 Å². The van der Waals surface area contributed by atoms with Gasteiger partial charge in [0.2, 0.25) is 0 Å². The summed E-state index contributed by atoms with van der Waals surface area (Å²) < 4.78 is 5.79. The number of aliphatic hydroxyl groups is 1. The topological polar surface area (TPSA) is 29.5 Å². The van der Waals surface area contributed by atoms with Crippen LogP contribution in [-0.4, -0.2) is 18.3 Å². The van der Waals surface area contributed by atoms with E-state index in [9.17, 15) is 5.11 Å². The van der Waals surface area contributed by atoms with Crippen LogP contribution in [0.4, 0.5) is 0 Å². The average molecular weight is 278 g/mol. The van der Waals surface area contributed by atoms with Gasteiger partial charge in [-0.05, 0) is 17.7 Å². The molecule has 0 unspecified atom stereocenters. The molecular formula is C19H18O2. The van der Waals surface area contributed by atoms with E-state index < -0.39 is 5.60 Å². The number of ether oxygens (including phenoxy) is 1. The molecular weight excluding hydrogens is 260 g/mol. The molecule has 0 bridgehead atoms. The molecule has 0 heterocycles. The summed E-state index contributed by atoms with van der Waals surface area (Å²) in [6.07, 6.45) is 1.62. The molecule has 0 aliphatic heterocycles. The van der Waals surface area contributed by atoms with Crippen molar-refractivity contribution in [1.29, 1.82) is 0 Å².